The molecule has 0 saturated carbocycles. The van der Waals surface area contributed by atoms with Crippen LogP contribution in [-0.2, 0) is 11.3 Å². The topological polar surface area (TPSA) is 54.0 Å². The van der Waals surface area contributed by atoms with Gasteiger partial charge in [0.1, 0.15) is 6.61 Å². The Morgan fingerprint density at radius 3 is 2.46 bits per heavy atom. The molecule has 5 nitrogen and oxygen atoms in total. The molecule has 0 unspecified atom stereocenters. The summed E-state index contributed by atoms with van der Waals surface area (Å²) in [6.07, 6.45) is 0. The highest BCUT2D eigenvalue weighted by atomic mass is 79.9. The van der Waals surface area contributed by atoms with Gasteiger partial charge in [0.2, 0.25) is 0 Å². The first-order chi connectivity index (χ1) is 12.6. The van der Waals surface area contributed by atoms with E-state index in [-0.39, 0.29) is 0 Å². The standard InChI is InChI=1S/C19H17BrO5S/c1-22-14-8-13-16(9-15(14)23-2)26-18(19(21)24-3)17(13)25-10-11-5-4-6-12(20)7-11/h4-9H,10H2,1-3H3. The van der Waals surface area contributed by atoms with Gasteiger partial charge in [-0.1, -0.05) is 28.1 Å². The minimum atomic E-state index is -0.437. The van der Waals surface area contributed by atoms with Crippen LogP contribution >= 0.6 is 27.3 Å². The number of rotatable bonds is 6. The molecule has 0 radical (unpaired) electrons. The maximum Gasteiger partial charge on any atom is 0.351 e. The third kappa shape index (κ3) is 3.64. The van der Waals surface area contributed by atoms with Gasteiger partial charge >= 0.3 is 5.97 Å². The lowest BCUT2D eigenvalue weighted by Gasteiger charge is -2.10. The highest BCUT2D eigenvalue weighted by Crippen LogP contribution is 2.44. The summed E-state index contributed by atoms with van der Waals surface area (Å²) in [6, 6.07) is 11.4. The molecule has 3 rings (SSSR count). The first-order valence-electron chi connectivity index (χ1n) is 7.71. The van der Waals surface area contributed by atoms with Crippen molar-refractivity contribution in [2.24, 2.45) is 0 Å². The van der Waals surface area contributed by atoms with Gasteiger partial charge in [-0.15, -0.1) is 11.3 Å². The van der Waals surface area contributed by atoms with E-state index in [1.54, 1.807) is 14.2 Å². The number of ether oxygens (including phenoxy) is 4. The molecule has 0 aliphatic heterocycles. The Morgan fingerprint density at radius 1 is 1.08 bits per heavy atom. The van der Waals surface area contributed by atoms with Gasteiger partial charge in [0, 0.05) is 20.6 Å². The Morgan fingerprint density at radius 2 is 1.81 bits per heavy atom. The fraction of sp³-hybridized carbons (Fsp3) is 0.211. The van der Waals surface area contributed by atoms with Crippen molar-refractivity contribution in [2.45, 2.75) is 6.61 Å². The van der Waals surface area contributed by atoms with Gasteiger partial charge in [-0.2, -0.15) is 0 Å². The molecule has 0 aliphatic rings. The Balaban J connectivity index is 2.06. The van der Waals surface area contributed by atoms with E-state index >= 15 is 0 Å². The van der Waals surface area contributed by atoms with E-state index in [0.717, 1.165) is 20.1 Å². The average Bonchev–Trinajstić information content (AvgIpc) is 3.02. The number of carbonyl (C=O) groups excluding carboxylic acids is 1. The normalized spacial score (nSPS) is 10.6. The number of methoxy groups -OCH3 is 3. The molecular weight excluding hydrogens is 420 g/mol. The molecule has 0 atom stereocenters. The Labute approximate surface area is 163 Å². The second-order valence-corrected chi connectivity index (χ2v) is 7.34. The maximum absolute atomic E-state index is 12.2. The van der Waals surface area contributed by atoms with Crippen LogP contribution in [0.2, 0.25) is 0 Å². The van der Waals surface area contributed by atoms with Gasteiger partial charge in [-0.3, -0.25) is 0 Å². The molecule has 136 valence electrons. The van der Waals surface area contributed by atoms with Crippen LogP contribution < -0.4 is 14.2 Å². The molecule has 1 aromatic heterocycles. The predicted octanol–water partition coefficient (Wildman–Crippen LogP) is 5.05. The fourth-order valence-corrected chi connectivity index (χ4v) is 4.08. The SMILES string of the molecule is COC(=O)c1sc2cc(OC)c(OC)cc2c1OCc1cccc(Br)c1. The summed E-state index contributed by atoms with van der Waals surface area (Å²) in [6.45, 7) is 0.323. The third-order valence-electron chi connectivity index (χ3n) is 3.79. The monoisotopic (exact) mass is 436 g/mol. The van der Waals surface area contributed by atoms with Gasteiger partial charge < -0.3 is 18.9 Å². The molecule has 0 saturated heterocycles. The summed E-state index contributed by atoms with van der Waals surface area (Å²) in [5, 5.41) is 0.781. The van der Waals surface area contributed by atoms with Crippen LogP contribution in [0, 0.1) is 0 Å². The van der Waals surface area contributed by atoms with Crippen LogP contribution in [0.15, 0.2) is 40.9 Å². The predicted molar refractivity (Wildman–Crippen MR) is 105 cm³/mol. The van der Waals surface area contributed by atoms with Crippen molar-refractivity contribution >= 4 is 43.3 Å². The summed E-state index contributed by atoms with van der Waals surface area (Å²) in [4.78, 5) is 12.6. The first kappa shape index (κ1) is 18.5. The Kier molecular flexibility index (Phi) is 5.68. The Hall–Kier alpha value is -2.25. The number of fused-ring (bicyclic) bond motifs is 1. The zero-order valence-electron chi connectivity index (χ0n) is 14.5. The molecule has 0 spiro atoms. The quantitative estimate of drug-likeness (QED) is 0.506. The van der Waals surface area contributed by atoms with E-state index in [2.05, 4.69) is 15.9 Å². The minimum Gasteiger partial charge on any atom is -0.493 e. The van der Waals surface area contributed by atoms with Crippen molar-refractivity contribution in [1.29, 1.82) is 0 Å². The van der Waals surface area contributed by atoms with Gasteiger partial charge in [0.05, 0.1) is 21.3 Å². The number of hydrogen-bond donors (Lipinski definition) is 0. The molecule has 0 fully saturated rings. The third-order valence-corrected chi connectivity index (χ3v) is 5.40. The van der Waals surface area contributed by atoms with Crippen LogP contribution in [0.5, 0.6) is 17.2 Å². The lowest BCUT2D eigenvalue weighted by molar-refractivity contribution is 0.0602. The van der Waals surface area contributed by atoms with E-state index in [0.29, 0.717) is 28.7 Å². The van der Waals surface area contributed by atoms with Crippen molar-refractivity contribution in [1.82, 2.24) is 0 Å². The van der Waals surface area contributed by atoms with Crippen LogP contribution in [0.1, 0.15) is 15.2 Å². The van der Waals surface area contributed by atoms with Crippen molar-refractivity contribution in [3.05, 3.63) is 51.3 Å². The fourth-order valence-electron chi connectivity index (χ4n) is 2.55. The summed E-state index contributed by atoms with van der Waals surface area (Å²) in [5.41, 5.74) is 0.981. The van der Waals surface area contributed by atoms with Gasteiger partial charge in [0.15, 0.2) is 22.1 Å². The largest absolute Gasteiger partial charge is 0.493 e. The Bertz CT molecular complexity index is 950. The van der Waals surface area contributed by atoms with Crippen LogP contribution in [0.3, 0.4) is 0 Å². The second kappa shape index (κ2) is 7.97. The van der Waals surface area contributed by atoms with E-state index in [1.165, 1.54) is 18.4 Å². The number of thiophene rings is 1. The molecule has 1 heterocycles. The number of esters is 1. The number of benzene rings is 2. The van der Waals surface area contributed by atoms with Crippen molar-refractivity contribution in [3.63, 3.8) is 0 Å². The minimum absolute atomic E-state index is 0.323. The zero-order valence-corrected chi connectivity index (χ0v) is 16.9. The summed E-state index contributed by atoms with van der Waals surface area (Å²) < 4.78 is 23.5. The summed E-state index contributed by atoms with van der Waals surface area (Å²) in [7, 11) is 4.49. The zero-order chi connectivity index (χ0) is 18.7. The molecule has 0 amide bonds. The lowest BCUT2D eigenvalue weighted by Crippen LogP contribution is -2.03. The summed E-state index contributed by atoms with van der Waals surface area (Å²) in [5.74, 6) is 1.21. The summed E-state index contributed by atoms with van der Waals surface area (Å²) >= 11 is 4.75. The molecule has 26 heavy (non-hydrogen) atoms. The molecular formula is C19H17BrO5S. The van der Waals surface area contributed by atoms with Gasteiger partial charge in [-0.25, -0.2) is 4.79 Å². The number of hydrogen-bond acceptors (Lipinski definition) is 6. The first-order valence-corrected chi connectivity index (χ1v) is 9.32. The second-order valence-electron chi connectivity index (χ2n) is 5.37. The molecule has 3 aromatic rings. The van der Waals surface area contributed by atoms with Crippen molar-refractivity contribution in [2.75, 3.05) is 21.3 Å². The molecule has 7 heteroatoms. The molecule has 0 N–H and O–H groups in total. The highest BCUT2D eigenvalue weighted by molar-refractivity contribution is 9.10. The average molecular weight is 437 g/mol. The van der Waals surface area contributed by atoms with Crippen molar-refractivity contribution < 1.29 is 23.7 Å². The van der Waals surface area contributed by atoms with Gasteiger partial charge in [-0.05, 0) is 23.8 Å². The van der Waals surface area contributed by atoms with E-state index in [4.69, 9.17) is 18.9 Å². The van der Waals surface area contributed by atoms with Crippen LogP contribution in [0.25, 0.3) is 10.1 Å². The van der Waals surface area contributed by atoms with Crippen LogP contribution in [0.4, 0.5) is 0 Å². The molecule has 2 aromatic carbocycles. The van der Waals surface area contributed by atoms with E-state index < -0.39 is 5.97 Å². The van der Waals surface area contributed by atoms with E-state index in [1.807, 2.05) is 36.4 Å². The highest BCUT2D eigenvalue weighted by Gasteiger charge is 2.22. The smallest absolute Gasteiger partial charge is 0.351 e. The van der Waals surface area contributed by atoms with Crippen LogP contribution in [-0.4, -0.2) is 27.3 Å². The van der Waals surface area contributed by atoms with Crippen molar-refractivity contribution in [3.8, 4) is 17.2 Å². The number of carbonyl (C=O) groups is 1. The maximum atomic E-state index is 12.2. The lowest BCUT2D eigenvalue weighted by atomic mass is 10.2. The van der Waals surface area contributed by atoms with Gasteiger partial charge in [0.25, 0.3) is 0 Å². The molecule has 0 bridgehead atoms. The number of halogens is 1. The molecule has 0 aliphatic carbocycles. The van der Waals surface area contributed by atoms with E-state index in [9.17, 15) is 4.79 Å².